The molecule has 0 spiro atoms. The summed E-state index contributed by atoms with van der Waals surface area (Å²) in [5, 5.41) is 2.51. The van der Waals surface area contributed by atoms with Crippen LogP contribution in [0.25, 0.3) is 0 Å². The van der Waals surface area contributed by atoms with Crippen molar-refractivity contribution in [3.8, 4) is 0 Å². The number of rotatable bonds is 6. The van der Waals surface area contributed by atoms with Gasteiger partial charge in [-0.05, 0) is 12.8 Å². The van der Waals surface area contributed by atoms with Crippen LogP contribution in [0, 0.1) is 0 Å². The molecule has 0 aliphatic carbocycles. The predicted molar refractivity (Wildman–Crippen MR) is 79.0 cm³/mol. The molecule has 5 heteroatoms. The van der Waals surface area contributed by atoms with Crippen LogP contribution < -0.4 is 5.73 Å². The fraction of sp³-hybridized carbons (Fsp3) is 0.571. The van der Waals surface area contributed by atoms with E-state index in [1.807, 2.05) is 10.3 Å². The Morgan fingerprint density at radius 1 is 1.63 bits per heavy atom. The van der Waals surface area contributed by atoms with Crippen LogP contribution in [0.3, 0.4) is 0 Å². The second-order valence-electron chi connectivity index (χ2n) is 4.86. The van der Waals surface area contributed by atoms with Gasteiger partial charge in [0.1, 0.15) is 0 Å². The first kappa shape index (κ1) is 14.1. The minimum Gasteiger partial charge on any atom is -0.375 e. The molecular formula is C14H21N3OS. The molecule has 2 rings (SSSR count). The fourth-order valence-corrected chi connectivity index (χ4v) is 2.94. The smallest absolute Gasteiger partial charge is 0.223 e. The van der Waals surface area contributed by atoms with E-state index in [0.717, 1.165) is 18.7 Å². The standard InChI is InChI=1S/C14H21N3OS/c1-2-3-5-12-6-4-9-17(12)13(18)8-7-11-10-19-14(15)16-11/h4,6,10,12H,2-3,5,7-9H2,1H3,(H2,15,16). The molecule has 0 aromatic carbocycles. The lowest BCUT2D eigenvalue weighted by Gasteiger charge is -2.24. The van der Waals surface area contributed by atoms with Gasteiger partial charge in [-0.25, -0.2) is 4.98 Å². The summed E-state index contributed by atoms with van der Waals surface area (Å²) in [7, 11) is 0. The molecule has 1 amide bonds. The van der Waals surface area contributed by atoms with Gasteiger partial charge in [-0.3, -0.25) is 4.79 Å². The van der Waals surface area contributed by atoms with Gasteiger partial charge in [0.2, 0.25) is 5.91 Å². The predicted octanol–water partition coefficient (Wildman–Crippen LogP) is 2.62. The fourth-order valence-electron chi connectivity index (χ4n) is 2.34. The molecule has 2 N–H and O–H groups in total. The molecule has 0 fully saturated rings. The molecule has 1 unspecified atom stereocenters. The topological polar surface area (TPSA) is 59.2 Å². The van der Waals surface area contributed by atoms with Gasteiger partial charge < -0.3 is 10.6 Å². The van der Waals surface area contributed by atoms with Gasteiger partial charge in [0.15, 0.2) is 5.13 Å². The summed E-state index contributed by atoms with van der Waals surface area (Å²) in [6, 6.07) is 0.299. The van der Waals surface area contributed by atoms with E-state index in [-0.39, 0.29) is 5.91 Å². The number of carbonyl (C=O) groups is 1. The molecule has 104 valence electrons. The van der Waals surface area contributed by atoms with E-state index >= 15 is 0 Å². The summed E-state index contributed by atoms with van der Waals surface area (Å²) in [4.78, 5) is 18.4. The third kappa shape index (κ3) is 3.80. The summed E-state index contributed by atoms with van der Waals surface area (Å²) in [6.45, 7) is 2.93. The number of hydrogen-bond donors (Lipinski definition) is 1. The number of aromatic nitrogens is 1. The van der Waals surface area contributed by atoms with Crippen molar-refractivity contribution >= 4 is 22.4 Å². The Hall–Kier alpha value is -1.36. The quantitative estimate of drug-likeness (QED) is 0.814. The van der Waals surface area contributed by atoms with Crippen molar-refractivity contribution in [3.05, 3.63) is 23.2 Å². The van der Waals surface area contributed by atoms with Gasteiger partial charge >= 0.3 is 0 Å². The molecule has 1 aromatic heterocycles. The number of thiazole rings is 1. The van der Waals surface area contributed by atoms with E-state index < -0.39 is 0 Å². The summed E-state index contributed by atoms with van der Waals surface area (Å²) in [5.41, 5.74) is 6.51. The first-order valence-electron chi connectivity index (χ1n) is 6.86. The van der Waals surface area contributed by atoms with E-state index in [1.165, 1.54) is 24.2 Å². The second kappa shape index (κ2) is 6.70. The number of nitrogens with zero attached hydrogens (tertiary/aromatic N) is 2. The Bertz CT molecular complexity index is 455. The highest BCUT2D eigenvalue weighted by atomic mass is 32.1. The summed E-state index contributed by atoms with van der Waals surface area (Å²) in [5.74, 6) is 0.220. The molecule has 0 saturated heterocycles. The van der Waals surface area contributed by atoms with Crippen LogP contribution in [-0.2, 0) is 11.2 Å². The number of amides is 1. The molecular weight excluding hydrogens is 258 g/mol. The van der Waals surface area contributed by atoms with E-state index in [2.05, 4.69) is 24.1 Å². The molecule has 4 nitrogen and oxygen atoms in total. The summed E-state index contributed by atoms with van der Waals surface area (Å²) < 4.78 is 0. The molecule has 2 heterocycles. The second-order valence-corrected chi connectivity index (χ2v) is 5.75. The van der Waals surface area contributed by atoms with Crippen molar-refractivity contribution in [2.75, 3.05) is 12.3 Å². The number of anilines is 1. The highest BCUT2D eigenvalue weighted by Gasteiger charge is 2.23. The Morgan fingerprint density at radius 2 is 2.47 bits per heavy atom. The number of nitrogen functional groups attached to an aromatic ring is 1. The molecule has 19 heavy (non-hydrogen) atoms. The van der Waals surface area contributed by atoms with Gasteiger partial charge in [0.05, 0.1) is 11.7 Å². The van der Waals surface area contributed by atoms with Crippen molar-refractivity contribution in [3.63, 3.8) is 0 Å². The lowest BCUT2D eigenvalue weighted by Crippen LogP contribution is -2.36. The number of aryl methyl sites for hydroxylation is 1. The molecule has 1 aromatic rings. The lowest BCUT2D eigenvalue weighted by atomic mass is 10.1. The van der Waals surface area contributed by atoms with Gasteiger partial charge in [0.25, 0.3) is 0 Å². The average Bonchev–Trinajstić information content (AvgIpc) is 3.02. The number of hydrogen-bond acceptors (Lipinski definition) is 4. The van der Waals surface area contributed by atoms with Crippen LogP contribution in [0.4, 0.5) is 5.13 Å². The third-order valence-corrected chi connectivity index (χ3v) is 4.12. The molecule has 0 saturated carbocycles. The maximum Gasteiger partial charge on any atom is 0.223 e. The van der Waals surface area contributed by atoms with Crippen LogP contribution >= 0.6 is 11.3 Å². The van der Waals surface area contributed by atoms with Crippen LogP contribution in [0.5, 0.6) is 0 Å². The van der Waals surface area contributed by atoms with Gasteiger partial charge in [-0.15, -0.1) is 11.3 Å². The van der Waals surface area contributed by atoms with Crippen LogP contribution in [0.2, 0.25) is 0 Å². The Morgan fingerprint density at radius 3 is 3.16 bits per heavy atom. The van der Waals surface area contributed by atoms with Gasteiger partial charge in [-0.2, -0.15) is 0 Å². The largest absolute Gasteiger partial charge is 0.375 e. The Kier molecular flexibility index (Phi) is 4.96. The van der Waals surface area contributed by atoms with E-state index in [9.17, 15) is 4.79 Å². The average molecular weight is 279 g/mol. The highest BCUT2D eigenvalue weighted by Crippen LogP contribution is 2.18. The van der Waals surface area contributed by atoms with Crippen molar-refractivity contribution in [1.82, 2.24) is 9.88 Å². The molecule has 1 aliphatic heterocycles. The van der Waals surface area contributed by atoms with Crippen LogP contribution in [0.15, 0.2) is 17.5 Å². The Balaban J connectivity index is 1.82. The summed E-state index contributed by atoms with van der Waals surface area (Å²) >= 11 is 1.43. The zero-order valence-electron chi connectivity index (χ0n) is 11.3. The number of nitrogens with two attached hydrogens (primary N) is 1. The van der Waals surface area contributed by atoms with Crippen LogP contribution in [0.1, 0.15) is 38.3 Å². The normalized spacial score (nSPS) is 18.2. The third-order valence-electron chi connectivity index (χ3n) is 3.40. The molecule has 1 aliphatic rings. The lowest BCUT2D eigenvalue weighted by molar-refractivity contribution is -0.131. The maximum atomic E-state index is 12.2. The molecule has 1 atom stereocenters. The monoisotopic (exact) mass is 279 g/mol. The zero-order chi connectivity index (χ0) is 13.7. The van der Waals surface area contributed by atoms with E-state index in [4.69, 9.17) is 5.73 Å². The van der Waals surface area contributed by atoms with Gasteiger partial charge in [0, 0.05) is 18.3 Å². The van der Waals surface area contributed by atoms with E-state index in [1.54, 1.807) is 0 Å². The van der Waals surface area contributed by atoms with Crippen molar-refractivity contribution in [2.45, 2.75) is 45.1 Å². The maximum absolute atomic E-state index is 12.2. The summed E-state index contributed by atoms with van der Waals surface area (Å²) in [6.07, 6.45) is 8.87. The van der Waals surface area contributed by atoms with E-state index in [0.29, 0.717) is 24.0 Å². The van der Waals surface area contributed by atoms with Crippen LogP contribution in [-0.4, -0.2) is 28.4 Å². The zero-order valence-corrected chi connectivity index (χ0v) is 12.2. The first-order chi connectivity index (χ1) is 9.20. The highest BCUT2D eigenvalue weighted by molar-refractivity contribution is 7.13. The van der Waals surface area contributed by atoms with Crippen molar-refractivity contribution in [1.29, 1.82) is 0 Å². The van der Waals surface area contributed by atoms with Crippen molar-refractivity contribution in [2.24, 2.45) is 0 Å². The minimum atomic E-state index is 0.220. The molecule has 0 bridgehead atoms. The Labute approximate surface area is 118 Å². The SMILES string of the molecule is CCCCC1C=CCN1C(=O)CCc1csc(N)n1. The minimum absolute atomic E-state index is 0.220. The van der Waals surface area contributed by atoms with Crippen molar-refractivity contribution < 1.29 is 4.79 Å². The molecule has 0 radical (unpaired) electrons. The van der Waals surface area contributed by atoms with Gasteiger partial charge in [-0.1, -0.05) is 31.9 Å². The first-order valence-corrected chi connectivity index (χ1v) is 7.74. The number of carbonyl (C=O) groups excluding carboxylic acids is 1. The number of unbranched alkanes of at least 4 members (excludes halogenated alkanes) is 1.